The fourth-order valence-corrected chi connectivity index (χ4v) is 0.431. The Balaban J connectivity index is 0. The van der Waals surface area contributed by atoms with Crippen molar-refractivity contribution in [1.29, 1.82) is 0 Å². The molecular weight excluding hydrogens is 154 g/mol. The van der Waals surface area contributed by atoms with Crippen molar-refractivity contribution < 1.29 is 26.8 Å². The summed E-state index contributed by atoms with van der Waals surface area (Å²) in [6, 6.07) is 0. The molecule has 0 fully saturated rings. The molecule has 1 N–H and O–H groups in total. The lowest BCUT2D eigenvalue weighted by molar-refractivity contribution is -0.869. The third kappa shape index (κ3) is 10.7. The molecule has 0 aliphatic rings. The van der Waals surface area contributed by atoms with E-state index in [1.165, 1.54) is 0 Å². The summed E-state index contributed by atoms with van der Waals surface area (Å²) in [4.78, 5) is 10.0. The van der Waals surface area contributed by atoms with Gasteiger partial charge in [0.15, 0.2) is 0 Å². The highest BCUT2D eigenvalue weighted by Crippen LogP contribution is 1.92. The first-order chi connectivity index (χ1) is 3.92. The van der Waals surface area contributed by atoms with Crippen LogP contribution < -0.4 is 12.4 Å². The summed E-state index contributed by atoms with van der Waals surface area (Å²) in [7, 11) is 5.93. The Bertz CT molecular complexity index is 109. The molecule has 0 rings (SSSR count). The van der Waals surface area contributed by atoms with Crippen molar-refractivity contribution in [3.8, 4) is 0 Å². The number of aliphatic carboxylic acids is 1. The van der Waals surface area contributed by atoms with Gasteiger partial charge in [-0.1, -0.05) is 0 Å². The monoisotopic (exact) mass is 167 g/mol. The molecule has 0 spiro atoms. The van der Waals surface area contributed by atoms with Gasteiger partial charge >= 0.3 is 5.97 Å². The molecule has 0 unspecified atom stereocenters. The van der Waals surface area contributed by atoms with Gasteiger partial charge in [0.2, 0.25) is 0 Å². The Hall–Kier alpha value is -0.280. The standard InChI is InChI=1S/C6H13NO2.ClH/c1-7(2,3)5-4-6(8)9;/h4-5H2,1-3H3;1H. The molecule has 0 aromatic rings. The van der Waals surface area contributed by atoms with E-state index >= 15 is 0 Å². The van der Waals surface area contributed by atoms with Crippen molar-refractivity contribution in [3.05, 3.63) is 0 Å². The van der Waals surface area contributed by atoms with Gasteiger partial charge in [-0.2, -0.15) is 0 Å². The van der Waals surface area contributed by atoms with E-state index in [0.29, 0.717) is 11.0 Å². The van der Waals surface area contributed by atoms with Crippen LogP contribution in [0.2, 0.25) is 0 Å². The van der Waals surface area contributed by atoms with Gasteiger partial charge in [-0.15, -0.1) is 0 Å². The van der Waals surface area contributed by atoms with Gasteiger partial charge in [0, 0.05) is 0 Å². The maximum Gasteiger partial charge on any atom is 0.309 e. The average molecular weight is 168 g/mol. The highest BCUT2D eigenvalue weighted by Gasteiger charge is 2.08. The van der Waals surface area contributed by atoms with Crippen LogP contribution in [0.5, 0.6) is 0 Å². The molecule has 0 saturated heterocycles. The topological polar surface area (TPSA) is 37.3 Å². The molecule has 0 saturated carbocycles. The lowest BCUT2D eigenvalue weighted by Crippen LogP contribution is -3.00. The van der Waals surface area contributed by atoms with Crippen molar-refractivity contribution in [2.75, 3.05) is 27.7 Å². The summed E-state index contributed by atoms with van der Waals surface area (Å²) in [6.45, 7) is 0.690. The first kappa shape index (κ1) is 12.4. The minimum absolute atomic E-state index is 0. The lowest BCUT2D eigenvalue weighted by atomic mass is 10.4. The summed E-state index contributed by atoms with van der Waals surface area (Å²) in [5, 5.41) is 8.27. The zero-order valence-electron chi connectivity index (χ0n) is 6.59. The van der Waals surface area contributed by atoms with E-state index in [0.717, 1.165) is 0 Å². The second-order valence-corrected chi connectivity index (χ2v) is 3.16. The SMILES string of the molecule is C[N+](C)(C)CCC(=O)O.[Cl-]. The summed E-state index contributed by atoms with van der Waals surface area (Å²) < 4.78 is 0.715. The second-order valence-electron chi connectivity index (χ2n) is 3.16. The highest BCUT2D eigenvalue weighted by molar-refractivity contribution is 5.66. The first-order valence-corrected chi connectivity index (χ1v) is 2.94. The quantitative estimate of drug-likeness (QED) is 0.461. The molecule has 0 heterocycles. The van der Waals surface area contributed by atoms with Gasteiger partial charge in [-0.25, -0.2) is 0 Å². The third-order valence-electron chi connectivity index (χ3n) is 0.996. The Morgan fingerprint density at radius 2 is 1.80 bits per heavy atom. The van der Waals surface area contributed by atoms with Gasteiger partial charge in [-0.3, -0.25) is 4.79 Å². The normalized spacial score (nSPS) is 10.3. The molecule has 0 aliphatic heterocycles. The smallest absolute Gasteiger partial charge is 0.309 e. The number of hydrogen-bond acceptors (Lipinski definition) is 1. The number of carboxylic acid groups (broad SMARTS) is 1. The van der Waals surface area contributed by atoms with E-state index < -0.39 is 5.97 Å². The summed E-state index contributed by atoms with van der Waals surface area (Å²) >= 11 is 0. The van der Waals surface area contributed by atoms with E-state index in [2.05, 4.69) is 0 Å². The summed E-state index contributed by atoms with van der Waals surface area (Å²) in [5.74, 6) is -0.719. The van der Waals surface area contributed by atoms with Crippen LogP contribution in [-0.2, 0) is 4.79 Å². The fraction of sp³-hybridized carbons (Fsp3) is 0.833. The Morgan fingerprint density at radius 1 is 1.40 bits per heavy atom. The van der Waals surface area contributed by atoms with Gasteiger partial charge in [0.25, 0.3) is 0 Å². The van der Waals surface area contributed by atoms with Gasteiger partial charge < -0.3 is 22.0 Å². The van der Waals surface area contributed by atoms with E-state index in [4.69, 9.17) is 5.11 Å². The van der Waals surface area contributed by atoms with Crippen LogP contribution in [0.25, 0.3) is 0 Å². The van der Waals surface area contributed by atoms with E-state index in [1.54, 1.807) is 0 Å². The van der Waals surface area contributed by atoms with Crippen molar-refractivity contribution in [1.82, 2.24) is 0 Å². The minimum Gasteiger partial charge on any atom is -1.00 e. The van der Waals surface area contributed by atoms with Gasteiger partial charge in [0.05, 0.1) is 34.1 Å². The predicted octanol–water partition coefficient (Wildman–Crippen LogP) is -2.83. The zero-order chi connectivity index (χ0) is 7.49. The minimum atomic E-state index is -0.719. The number of hydrogen-bond donors (Lipinski definition) is 1. The zero-order valence-corrected chi connectivity index (χ0v) is 7.35. The number of quaternary nitrogens is 1. The Kier molecular flexibility index (Phi) is 5.61. The molecule has 4 heteroatoms. The predicted molar refractivity (Wildman–Crippen MR) is 35.2 cm³/mol. The Labute approximate surface area is 67.6 Å². The average Bonchev–Trinajstić information content (AvgIpc) is 1.59. The number of carboxylic acids is 1. The maximum absolute atomic E-state index is 10.0. The van der Waals surface area contributed by atoms with Gasteiger partial charge in [-0.05, 0) is 0 Å². The van der Waals surface area contributed by atoms with Crippen molar-refractivity contribution in [2.45, 2.75) is 6.42 Å². The number of rotatable bonds is 3. The molecule has 0 bridgehead atoms. The molecule has 0 aromatic heterocycles. The molecule has 0 aromatic carbocycles. The third-order valence-corrected chi connectivity index (χ3v) is 0.996. The molecule has 0 atom stereocenters. The van der Waals surface area contributed by atoms with Crippen LogP contribution in [0.4, 0.5) is 0 Å². The number of carbonyl (C=O) groups is 1. The molecule has 0 amide bonds. The Morgan fingerprint density at radius 3 is 1.90 bits per heavy atom. The second kappa shape index (κ2) is 4.52. The van der Waals surface area contributed by atoms with Crippen LogP contribution in [0.15, 0.2) is 0 Å². The molecule has 3 nitrogen and oxygen atoms in total. The molecule has 10 heavy (non-hydrogen) atoms. The van der Waals surface area contributed by atoms with Crippen molar-refractivity contribution in [3.63, 3.8) is 0 Å². The fourth-order valence-electron chi connectivity index (χ4n) is 0.431. The lowest BCUT2D eigenvalue weighted by Gasteiger charge is -2.22. The van der Waals surface area contributed by atoms with Gasteiger partial charge in [0.1, 0.15) is 0 Å². The number of nitrogens with zero attached hydrogens (tertiary/aromatic N) is 1. The van der Waals surface area contributed by atoms with Crippen LogP contribution in [-0.4, -0.2) is 43.2 Å². The summed E-state index contributed by atoms with van der Waals surface area (Å²) in [6.07, 6.45) is 0.253. The van der Waals surface area contributed by atoms with Crippen LogP contribution in [0.1, 0.15) is 6.42 Å². The van der Waals surface area contributed by atoms with Crippen LogP contribution in [0.3, 0.4) is 0 Å². The van der Waals surface area contributed by atoms with E-state index in [1.807, 2.05) is 21.1 Å². The van der Waals surface area contributed by atoms with Crippen molar-refractivity contribution >= 4 is 5.97 Å². The van der Waals surface area contributed by atoms with E-state index in [9.17, 15) is 4.79 Å². The molecule has 0 radical (unpaired) electrons. The first-order valence-electron chi connectivity index (χ1n) is 2.94. The van der Waals surface area contributed by atoms with Crippen molar-refractivity contribution in [2.24, 2.45) is 0 Å². The van der Waals surface area contributed by atoms with Crippen LogP contribution >= 0.6 is 0 Å². The highest BCUT2D eigenvalue weighted by atomic mass is 35.5. The molecule has 62 valence electrons. The van der Waals surface area contributed by atoms with Crippen LogP contribution in [0, 0.1) is 0 Å². The summed E-state index contributed by atoms with van der Waals surface area (Å²) in [5.41, 5.74) is 0. The number of halogens is 1. The van der Waals surface area contributed by atoms with E-state index in [-0.39, 0.29) is 18.8 Å². The largest absolute Gasteiger partial charge is 1.00 e. The molecular formula is C6H14ClNO2. The molecule has 0 aliphatic carbocycles. The maximum atomic E-state index is 10.0.